The molecule has 25 heavy (non-hydrogen) atoms. The van der Waals surface area contributed by atoms with Crippen molar-refractivity contribution in [2.45, 2.75) is 12.5 Å². The van der Waals surface area contributed by atoms with Crippen LogP contribution in [0.5, 0.6) is 5.88 Å². The highest BCUT2D eigenvalue weighted by Crippen LogP contribution is 2.25. The van der Waals surface area contributed by atoms with E-state index in [-0.39, 0.29) is 12.1 Å². The van der Waals surface area contributed by atoms with Crippen LogP contribution in [0.2, 0.25) is 0 Å². The zero-order valence-electron chi connectivity index (χ0n) is 13.5. The molecule has 3 rings (SSSR count). The zero-order valence-corrected chi connectivity index (χ0v) is 13.5. The van der Waals surface area contributed by atoms with Crippen molar-refractivity contribution in [1.29, 1.82) is 0 Å². The number of carbonyl (C=O) groups is 2. The molecule has 0 radical (unpaired) electrons. The van der Waals surface area contributed by atoms with E-state index in [0.29, 0.717) is 17.3 Å². The van der Waals surface area contributed by atoms with Crippen molar-refractivity contribution in [2.24, 2.45) is 10.8 Å². The van der Waals surface area contributed by atoms with Crippen molar-refractivity contribution in [3.8, 4) is 5.88 Å². The number of carbonyl (C=O) groups excluding carboxylic acids is 2. The Morgan fingerprint density at radius 2 is 2.00 bits per heavy atom. The van der Waals surface area contributed by atoms with E-state index in [4.69, 9.17) is 10.5 Å². The molecule has 0 fully saturated rings. The summed E-state index contributed by atoms with van der Waals surface area (Å²) in [5.74, 6) is -0.689. The minimum Gasteiger partial charge on any atom is -0.480 e. The first kappa shape index (κ1) is 16.4. The summed E-state index contributed by atoms with van der Waals surface area (Å²) in [6.07, 6.45) is 1.68. The van der Waals surface area contributed by atoms with Gasteiger partial charge in [0.25, 0.3) is 5.91 Å². The van der Waals surface area contributed by atoms with Crippen LogP contribution in [-0.4, -0.2) is 35.7 Å². The molecule has 2 amide bonds. The van der Waals surface area contributed by atoms with Gasteiger partial charge in [-0.3, -0.25) is 14.6 Å². The number of pyridine rings is 1. The van der Waals surface area contributed by atoms with Gasteiger partial charge in [0.15, 0.2) is 0 Å². The molecule has 1 aliphatic rings. The Kier molecular flexibility index (Phi) is 4.60. The summed E-state index contributed by atoms with van der Waals surface area (Å²) in [5, 5.41) is 8.46. The van der Waals surface area contributed by atoms with Crippen LogP contribution in [0.15, 0.2) is 53.8 Å². The number of nitrogens with two attached hydrogens (primary N) is 1. The van der Waals surface area contributed by atoms with Crippen molar-refractivity contribution in [3.63, 3.8) is 0 Å². The molecule has 1 atom stereocenters. The molecule has 1 aromatic heterocycles. The van der Waals surface area contributed by atoms with E-state index in [1.54, 1.807) is 30.5 Å². The molecule has 2 heterocycles. The smallest absolute Gasteiger partial charge is 0.272 e. The molecule has 0 unspecified atom stereocenters. The first-order chi connectivity index (χ1) is 12.1. The first-order valence-electron chi connectivity index (χ1n) is 7.61. The molecule has 3 N–H and O–H groups in total. The average Bonchev–Trinajstić information content (AvgIpc) is 3.09. The number of benzene rings is 1. The van der Waals surface area contributed by atoms with Crippen LogP contribution in [0, 0.1) is 0 Å². The van der Waals surface area contributed by atoms with E-state index in [2.05, 4.69) is 15.4 Å². The maximum absolute atomic E-state index is 12.5. The number of nitrogens with one attached hydrogen (secondary N) is 1. The number of hydrazone groups is 1. The first-order valence-corrected chi connectivity index (χ1v) is 7.61. The standard InChI is InChI=1S/C17H17N5O3/c1-25-17-12(8-5-9-19-17)20-16(24)13-10-14(15(18)23)22(21-13)11-6-3-2-4-7-11/h2-9,14H,10H2,1H3,(H2,18,23)(H,20,24)/t14-/m0/s1. The largest absolute Gasteiger partial charge is 0.480 e. The normalized spacial score (nSPS) is 16.3. The second kappa shape index (κ2) is 7.00. The van der Waals surface area contributed by atoms with Crippen LogP contribution in [-0.2, 0) is 9.59 Å². The Hall–Kier alpha value is -3.42. The van der Waals surface area contributed by atoms with Crippen LogP contribution in [0.25, 0.3) is 0 Å². The van der Waals surface area contributed by atoms with Crippen LogP contribution in [0.3, 0.4) is 0 Å². The van der Waals surface area contributed by atoms with E-state index in [9.17, 15) is 9.59 Å². The summed E-state index contributed by atoms with van der Waals surface area (Å²) in [6, 6.07) is 11.7. The molecule has 1 aromatic carbocycles. The molecule has 8 nitrogen and oxygen atoms in total. The lowest BCUT2D eigenvalue weighted by molar-refractivity contribution is -0.119. The lowest BCUT2D eigenvalue weighted by atomic mass is 10.1. The fourth-order valence-corrected chi connectivity index (χ4v) is 2.53. The van der Waals surface area contributed by atoms with Gasteiger partial charge < -0.3 is 15.8 Å². The molecule has 0 saturated carbocycles. The number of ether oxygens (including phenoxy) is 1. The number of rotatable bonds is 5. The minimum absolute atomic E-state index is 0.124. The van der Waals surface area contributed by atoms with Crippen molar-refractivity contribution in [3.05, 3.63) is 48.7 Å². The van der Waals surface area contributed by atoms with Gasteiger partial charge in [0.05, 0.1) is 12.8 Å². The summed E-state index contributed by atoms with van der Waals surface area (Å²) in [4.78, 5) is 28.3. The topological polar surface area (TPSA) is 110 Å². The van der Waals surface area contributed by atoms with E-state index < -0.39 is 17.9 Å². The Balaban J connectivity index is 1.84. The Labute approximate surface area is 144 Å². The van der Waals surface area contributed by atoms with Gasteiger partial charge >= 0.3 is 0 Å². The highest BCUT2D eigenvalue weighted by Gasteiger charge is 2.35. The van der Waals surface area contributed by atoms with Gasteiger partial charge in [-0.25, -0.2) is 4.98 Å². The second-order valence-corrected chi connectivity index (χ2v) is 5.36. The third-order valence-corrected chi connectivity index (χ3v) is 3.73. The Morgan fingerprint density at radius 3 is 2.68 bits per heavy atom. The highest BCUT2D eigenvalue weighted by atomic mass is 16.5. The van der Waals surface area contributed by atoms with Crippen molar-refractivity contribution >= 4 is 28.9 Å². The molecular formula is C17H17N5O3. The number of amides is 2. The quantitative estimate of drug-likeness (QED) is 0.849. The van der Waals surface area contributed by atoms with Crippen LogP contribution in [0.1, 0.15) is 6.42 Å². The maximum atomic E-state index is 12.5. The molecule has 0 bridgehead atoms. The third kappa shape index (κ3) is 3.42. The Bertz CT molecular complexity index is 822. The van der Waals surface area contributed by atoms with Gasteiger partial charge in [-0.15, -0.1) is 0 Å². The monoisotopic (exact) mass is 339 g/mol. The number of methoxy groups -OCH3 is 1. The molecule has 0 saturated heterocycles. The van der Waals surface area contributed by atoms with E-state index >= 15 is 0 Å². The zero-order chi connectivity index (χ0) is 17.8. The third-order valence-electron chi connectivity index (χ3n) is 3.73. The predicted molar refractivity (Wildman–Crippen MR) is 93.4 cm³/mol. The molecule has 2 aromatic rings. The summed E-state index contributed by atoms with van der Waals surface area (Å²) in [6.45, 7) is 0. The number of hydrogen-bond acceptors (Lipinski definition) is 6. The number of nitrogens with zero attached hydrogens (tertiary/aromatic N) is 3. The summed E-state index contributed by atoms with van der Waals surface area (Å²) < 4.78 is 5.11. The van der Waals surface area contributed by atoms with Gasteiger partial charge in [-0.05, 0) is 24.3 Å². The van der Waals surface area contributed by atoms with Gasteiger partial charge in [0.1, 0.15) is 17.4 Å². The number of para-hydroxylation sites is 1. The molecule has 0 spiro atoms. The molecule has 1 aliphatic heterocycles. The predicted octanol–water partition coefficient (Wildman–Crippen LogP) is 1.15. The number of anilines is 2. The van der Waals surface area contributed by atoms with Crippen molar-refractivity contribution in [1.82, 2.24) is 4.98 Å². The fourth-order valence-electron chi connectivity index (χ4n) is 2.53. The molecular weight excluding hydrogens is 322 g/mol. The van der Waals surface area contributed by atoms with Gasteiger partial charge in [-0.1, -0.05) is 18.2 Å². The van der Waals surface area contributed by atoms with Crippen LogP contribution < -0.4 is 20.8 Å². The molecule has 0 aliphatic carbocycles. The lowest BCUT2D eigenvalue weighted by Crippen LogP contribution is -2.39. The summed E-state index contributed by atoms with van der Waals surface area (Å²) >= 11 is 0. The van der Waals surface area contributed by atoms with E-state index in [0.717, 1.165) is 0 Å². The van der Waals surface area contributed by atoms with E-state index in [1.807, 2.05) is 18.2 Å². The number of hydrogen-bond donors (Lipinski definition) is 2. The molecule has 8 heteroatoms. The van der Waals surface area contributed by atoms with Gasteiger partial charge in [0.2, 0.25) is 11.8 Å². The summed E-state index contributed by atoms with van der Waals surface area (Å²) in [5.41, 5.74) is 6.79. The number of primary amides is 1. The highest BCUT2D eigenvalue weighted by molar-refractivity contribution is 6.44. The average molecular weight is 339 g/mol. The maximum Gasteiger partial charge on any atom is 0.272 e. The lowest BCUT2D eigenvalue weighted by Gasteiger charge is -2.20. The molecule has 128 valence electrons. The minimum atomic E-state index is -0.709. The SMILES string of the molecule is COc1ncccc1NC(=O)C1=NN(c2ccccc2)[C@H](C(N)=O)C1. The second-order valence-electron chi connectivity index (χ2n) is 5.36. The van der Waals surface area contributed by atoms with Crippen LogP contribution in [0.4, 0.5) is 11.4 Å². The Morgan fingerprint density at radius 1 is 1.24 bits per heavy atom. The van der Waals surface area contributed by atoms with Crippen LogP contribution >= 0.6 is 0 Å². The van der Waals surface area contributed by atoms with Crippen molar-refractivity contribution in [2.75, 3.05) is 17.4 Å². The summed E-state index contributed by atoms with van der Waals surface area (Å²) in [7, 11) is 1.46. The van der Waals surface area contributed by atoms with Gasteiger partial charge in [0, 0.05) is 12.6 Å². The van der Waals surface area contributed by atoms with Crippen molar-refractivity contribution < 1.29 is 14.3 Å². The fraction of sp³-hybridized carbons (Fsp3) is 0.176. The van der Waals surface area contributed by atoms with Gasteiger partial charge in [-0.2, -0.15) is 5.10 Å². The van der Waals surface area contributed by atoms with E-state index in [1.165, 1.54) is 12.1 Å². The number of aromatic nitrogens is 1.